The third kappa shape index (κ3) is 46.5. The fraction of sp³-hybridized carbons (Fsp3) is 0.686. The van der Waals surface area contributed by atoms with Gasteiger partial charge in [-0.25, -0.2) is 4.57 Å². The van der Waals surface area contributed by atoms with Gasteiger partial charge in [-0.1, -0.05) is 195 Å². The first-order valence-electron chi connectivity index (χ1n) is 24.1. The van der Waals surface area contributed by atoms with Crippen LogP contribution in [0.2, 0.25) is 0 Å². The number of esters is 2. The number of hydrogen-bond acceptors (Lipinski definition) is 8. The second kappa shape index (κ2) is 46.7. The maximum atomic E-state index is 12.5. The van der Waals surface area contributed by atoms with Gasteiger partial charge in [-0.2, -0.15) is 0 Å². The number of rotatable bonds is 44. The summed E-state index contributed by atoms with van der Waals surface area (Å²) in [6, 6.07) is 0. The van der Waals surface area contributed by atoms with E-state index in [4.69, 9.17) is 24.3 Å². The maximum Gasteiger partial charge on any atom is 0.472 e. The Hall–Kier alpha value is -2.81. The minimum Gasteiger partial charge on any atom is -0.462 e. The third-order valence-electron chi connectivity index (χ3n) is 9.80. The molecule has 0 rings (SSSR count). The molecule has 0 aliphatic rings. The van der Waals surface area contributed by atoms with E-state index in [-0.39, 0.29) is 32.6 Å². The summed E-state index contributed by atoms with van der Waals surface area (Å²) < 4.78 is 32.7. The van der Waals surface area contributed by atoms with Crippen molar-refractivity contribution >= 4 is 19.8 Å². The number of phosphoric acid groups is 1. The van der Waals surface area contributed by atoms with Crippen molar-refractivity contribution in [1.82, 2.24) is 0 Å². The number of carbonyl (C=O) groups excluding carboxylic acids is 2. The van der Waals surface area contributed by atoms with Gasteiger partial charge in [-0.3, -0.25) is 18.6 Å². The molecule has 0 bridgehead atoms. The Morgan fingerprint density at radius 3 is 1.43 bits per heavy atom. The summed E-state index contributed by atoms with van der Waals surface area (Å²) in [5.41, 5.74) is 5.35. The van der Waals surface area contributed by atoms with E-state index < -0.39 is 32.5 Å². The summed E-state index contributed by atoms with van der Waals surface area (Å²) in [5.74, 6) is -0.980. The van der Waals surface area contributed by atoms with Crippen molar-refractivity contribution in [3.05, 3.63) is 85.1 Å². The molecule has 2 unspecified atom stereocenters. The Bertz CT molecular complexity index is 1270. The van der Waals surface area contributed by atoms with Gasteiger partial charge in [0.15, 0.2) is 6.10 Å². The lowest BCUT2D eigenvalue weighted by Crippen LogP contribution is -2.29. The van der Waals surface area contributed by atoms with E-state index in [9.17, 15) is 19.0 Å². The molecule has 0 heterocycles. The van der Waals surface area contributed by atoms with E-state index in [1.54, 1.807) is 6.08 Å². The van der Waals surface area contributed by atoms with Crippen LogP contribution in [0.4, 0.5) is 0 Å². The minimum atomic E-state index is -4.41. The summed E-state index contributed by atoms with van der Waals surface area (Å²) in [6.45, 7) is 3.49. The average molecular weight is 874 g/mol. The number of unbranched alkanes of at least 4 members (excludes halogenated alkanes) is 18. The van der Waals surface area contributed by atoms with Crippen LogP contribution < -0.4 is 5.73 Å². The van der Waals surface area contributed by atoms with E-state index in [1.807, 2.05) is 12.2 Å². The zero-order valence-electron chi connectivity index (χ0n) is 38.6. The van der Waals surface area contributed by atoms with Gasteiger partial charge in [0.2, 0.25) is 0 Å². The quantitative estimate of drug-likeness (QED) is 0.0265. The van der Waals surface area contributed by atoms with Crippen LogP contribution in [-0.2, 0) is 32.7 Å². The van der Waals surface area contributed by atoms with Crippen LogP contribution in [0, 0.1) is 0 Å². The molecule has 0 saturated heterocycles. The monoisotopic (exact) mass is 874 g/mol. The lowest BCUT2D eigenvalue weighted by Gasteiger charge is -2.19. The molecular weight excluding hydrogens is 786 g/mol. The van der Waals surface area contributed by atoms with E-state index in [2.05, 4.69) is 80.7 Å². The third-order valence-corrected chi connectivity index (χ3v) is 10.8. The topological polar surface area (TPSA) is 134 Å². The Labute approximate surface area is 373 Å². The van der Waals surface area contributed by atoms with Crippen LogP contribution in [0.1, 0.15) is 194 Å². The molecule has 9 nitrogen and oxygen atoms in total. The van der Waals surface area contributed by atoms with Crippen molar-refractivity contribution in [2.45, 2.75) is 200 Å². The first-order chi connectivity index (χ1) is 29.8. The number of ether oxygens (including phenoxy) is 2. The summed E-state index contributed by atoms with van der Waals surface area (Å²) in [6.07, 6.45) is 59.4. The molecular formula is C51H88NO8P. The van der Waals surface area contributed by atoms with Crippen molar-refractivity contribution in [3.8, 4) is 0 Å². The van der Waals surface area contributed by atoms with Crippen LogP contribution in [-0.4, -0.2) is 49.3 Å². The maximum absolute atomic E-state index is 12.5. The summed E-state index contributed by atoms with van der Waals surface area (Å²) in [4.78, 5) is 34.9. The van der Waals surface area contributed by atoms with Gasteiger partial charge in [0.05, 0.1) is 19.6 Å². The van der Waals surface area contributed by atoms with E-state index in [0.29, 0.717) is 12.8 Å². The molecule has 0 aliphatic carbocycles. The van der Waals surface area contributed by atoms with Crippen LogP contribution in [0.15, 0.2) is 85.1 Å². The lowest BCUT2D eigenvalue weighted by molar-refractivity contribution is -0.160. The molecule has 3 N–H and O–H groups in total. The number of allylic oxidation sites excluding steroid dienone is 13. The Kier molecular flexibility index (Phi) is 44.5. The van der Waals surface area contributed by atoms with Crippen LogP contribution in [0.3, 0.4) is 0 Å². The zero-order valence-corrected chi connectivity index (χ0v) is 39.5. The second-order valence-electron chi connectivity index (χ2n) is 15.6. The number of carbonyl (C=O) groups is 2. The normalized spacial score (nSPS) is 14.0. The van der Waals surface area contributed by atoms with Crippen molar-refractivity contribution in [1.29, 1.82) is 0 Å². The summed E-state index contributed by atoms with van der Waals surface area (Å²) in [5, 5.41) is 0. The molecule has 0 fully saturated rings. The molecule has 0 radical (unpaired) electrons. The van der Waals surface area contributed by atoms with Gasteiger partial charge in [-0.05, 0) is 70.6 Å². The van der Waals surface area contributed by atoms with Crippen molar-refractivity contribution in [3.63, 3.8) is 0 Å². The SMILES string of the molecule is CC/C=C\C/C=C\C/C=C\C/C=C\C/C=C\CC(=O)OC(COC(=O)CCCCCCCCCCCCCCC/C=C\C/C=C\CCCCCCC)COP(=O)(O)OCCN. The standard InChI is InChI=1S/C51H88NO8P/c1-3-5-7-9-11-13-15-17-19-20-21-22-23-24-25-26-27-28-30-31-33-35-37-39-41-43-50(53)57-47-49(48-59-61(55,56)58-46-45-52)60-51(54)44-42-40-38-36-34-32-29-18-16-14-12-10-8-6-4-2/h6,8,12,14-15,17-18,20-21,29,34,36,40,42,49H,3-5,7,9-11,13,16,19,22-28,30-33,35,37-39,41,43-48,52H2,1-2H3,(H,55,56)/b8-6-,14-12-,17-15-,21-20-,29-18-,36-34-,42-40-. The molecule has 0 aliphatic heterocycles. The molecule has 2 atom stereocenters. The zero-order chi connectivity index (χ0) is 44.6. The highest BCUT2D eigenvalue weighted by Crippen LogP contribution is 2.43. The van der Waals surface area contributed by atoms with Gasteiger partial charge >= 0.3 is 19.8 Å². The molecule has 0 aromatic heterocycles. The predicted octanol–water partition coefficient (Wildman–Crippen LogP) is 14.4. The Morgan fingerprint density at radius 1 is 0.525 bits per heavy atom. The van der Waals surface area contributed by atoms with E-state index >= 15 is 0 Å². The molecule has 0 spiro atoms. The van der Waals surface area contributed by atoms with E-state index in [1.165, 1.54) is 103 Å². The molecule has 0 amide bonds. The van der Waals surface area contributed by atoms with Gasteiger partial charge in [0, 0.05) is 13.0 Å². The van der Waals surface area contributed by atoms with Gasteiger partial charge in [0.1, 0.15) is 6.61 Å². The Balaban J connectivity index is 4.11. The highest BCUT2D eigenvalue weighted by molar-refractivity contribution is 7.47. The average Bonchev–Trinajstić information content (AvgIpc) is 3.25. The van der Waals surface area contributed by atoms with Crippen molar-refractivity contribution in [2.24, 2.45) is 5.73 Å². The smallest absolute Gasteiger partial charge is 0.462 e. The van der Waals surface area contributed by atoms with Crippen LogP contribution >= 0.6 is 7.82 Å². The number of hydrogen-bond donors (Lipinski definition) is 2. The van der Waals surface area contributed by atoms with Gasteiger partial charge in [0.25, 0.3) is 0 Å². The van der Waals surface area contributed by atoms with Crippen molar-refractivity contribution < 1.29 is 37.6 Å². The molecule has 61 heavy (non-hydrogen) atoms. The van der Waals surface area contributed by atoms with Gasteiger partial charge < -0.3 is 20.1 Å². The highest BCUT2D eigenvalue weighted by Gasteiger charge is 2.25. The number of phosphoric ester groups is 1. The second-order valence-corrected chi connectivity index (χ2v) is 17.1. The molecule has 350 valence electrons. The fourth-order valence-corrected chi connectivity index (χ4v) is 7.04. The molecule has 10 heteroatoms. The largest absolute Gasteiger partial charge is 0.472 e. The summed E-state index contributed by atoms with van der Waals surface area (Å²) in [7, 11) is -4.41. The van der Waals surface area contributed by atoms with Crippen molar-refractivity contribution in [2.75, 3.05) is 26.4 Å². The highest BCUT2D eigenvalue weighted by atomic mass is 31.2. The van der Waals surface area contributed by atoms with Crippen LogP contribution in [0.5, 0.6) is 0 Å². The Morgan fingerprint density at radius 2 is 0.951 bits per heavy atom. The predicted molar refractivity (Wildman–Crippen MR) is 256 cm³/mol. The molecule has 0 aromatic carbocycles. The first-order valence-corrected chi connectivity index (χ1v) is 25.6. The summed E-state index contributed by atoms with van der Waals surface area (Å²) >= 11 is 0. The molecule has 0 aromatic rings. The fourth-order valence-electron chi connectivity index (χ4n) is 6.27. The van der Waals surface area contributed by atoms with Gasteiger partial charge in [-0.15, -0.1) is 0 Å². The number of nitrogens with two attached hydrogens (primary N) is 1. The lowest BCUT2D eigenvalue weighted by atomic mass is 10.0. The van der Waals surface area contributed by atoms with Crippen LogP contribution in [0.25, 0.3) is 0 Å². The minimum absolute atomic E-state index is 0.00523. The van der Waals surface area contributed by atoms with E-state index in [0.717, 1.165) is 51.4 Å². The first kappa shape index (κ1) is 58.2. The molecule has 0 saturated carbocycles.